The van der Waals surface area contributed by atoms with Crippen molar-refractivity contribution in [2.24, 2.45) is 5.92 Å². The lowest BCUT2D eigenvalue weighted by Gasteiger charge is -2.06. The van der Waals surface area contributed by atoms with Crippen molar-refractivity contribution < 1.29 is 19.4 Å². The normalized spacial score (nSPS) is 20.2. The Bertz CT molecular complexity index is 679. The average molecular weight is 405 g/mol. The molecule has 29 heavy (non-hydrogen) atoms. The number of carbonyl (C=O) groups is 1. The Morgan fingerprint density at radius 1 is 1.21 bits per heavy atom. The van der Waals surface area contributed by atoms with E-state index in [2.05, 4.69) is 40.0 Å². The van der Waals surface area contributed by atoms with Crippen molar-refractivity contribution >= 4 is 6.09 Å². The highest BCUT2D eigenvalue weighted by Crippen LogP contribution is 2.18. The lowest BCUT2D eigenvalue weighted by atomic mass is 10.1. The summed E-state index contributed by atoms with van der Waals surface area (Å²) in [6.07, 6.45) is 5.24. The maximum Gasteiger partial charge on any atom is 0.404 e. The average Bonchev–Trinajstić information content (AvgIpc) is 3.47. The van der Waals surface area contributed by atoms with Gasteiger partial charge in [-0.15, -0.1) is 0 Å². The van der Waals surface area contributed by atoms with Gasteiger partial charge in [0.2, 0.25) is 0 Å². The molecule has 1 amide bonds. The standard InChI is InChI=1S/C10H9NO.C7H14N2O2.C4H9NO/c1-8-2-4-9(5-3-8)10-6-11-7-12-10;10-7(11)9-4-2-6-1-3-8-5-6;6-4-1-2-5-3-4/h2-7H,1H3;6,8-9H,1-5H2,(H,10,11);4-6H,1-3H2. The number of hydrogen-bond acceptors (Lipinski definition) is 6. The van der Waals surface area contributed by atoms with Crippen LogP contribution in [0.4, 0.5) is 4.79 Å². The van der Waals surface area contributed by atoms with Crippen LogP contribution in [-0.2, 0) is 0 Å². The van der Waals surface area contributed by atoms with Crippen LogP contribution >= 0.6 is 0 Å². The summed E-state index contributed by atoms with van der Waals surface area (Å²) in [5.74, 6) is 1.48. The Labute approximate surface area is 171 Å². The van der Waals surface area contributed by atoms with E-state index in [9.17, 15) is 4.79 Å². The highest BCUT2D eigenvalue weighted by atomic mass is 16.4. The van der Waals surface area contributed by atoms with E-state index >= 15 is 0 Å². The van der Waals surface area contributed by atoms with Crippen molar-refractivity contribution in [2.45, 2.75) is 32.3 Å². The van der Waals surface area contributed by atoms with Gasteiger partial charge >= 0.3 is 6.09 Å². The third kappa shape index (κ3) is 9.56. The largest absolute Gasteiger partial charge is 0.465 e. The molecule has 1 aromatic carbocycles. The first-order valence-electron chi connectivity index (χ1n) is 10.1. The van der Waals surface area contributed by atoms with Gasteiger partial charge < -0.3 is 30.6 Å². The maximum absolute atomic E-state index is 10.0. The first-order valence-corrected chi connectivity index (χ1v) is 10.1. The molecule has 0 radical (unpaired) electrons. The molecule has 0 spiro atoms. The van der Waals surface area contributed by atoms with Crippen LogP contribution in [-0.4, -0.2) is 60.1 Å². The molecule has 3 heterocycles. The minimum atomic E-state index is -0.920. The molecule has 0 bridgehead atoms. The lowest BCUT2D eigenvalue weighted by molar-refractivity contribution is 0.193. The molecule has 2 unspecified atom stereocenters. The van der Waals surface area contributed by atoms with Crippen LogP contribution in [0.2, 0.25) is 0 Å². The highest BCUT2D eigenvalue weighted by Gasteiger charge is 2.13. The molecule has 8 nitrogen and oxygen atoms in total. The number of aliphatic hydroxyl groups is 1. The van der Waals surface area contributed by atoms with Gasteiger partial charge in [-0.1, -0.05) is 29.8 Å². The minimum absolute atomic E-state index is 0.0648. The van der Waals surface area contributed by atoms with E-state index in [4.69, 9.17) is 14.6 Å². The monoisotopic (exact) mass is 404 g/mol. The molecule has 160 valence electrons. The van der Waals surface area contributed by atoms with E-state index in [1.165, 1.54) is 18.4 Å². The molecule has 1 aromatic heterocycles. The van der Waals surface area contributed by atoms with Crippen LogP contribution in [0.15, 0.2) is 41.3 Å². The van der Waals surface area contributed by atoms with Crippen LogP contribution in [0, 0.1) is 12.8 Å². The van der Waals surface area contributed by atoms with Gasteiger partial charge in [-0.2, -0.15) is 0 Å². The third-order valence-electron chi connectivity index (χ3n) is 4.79. The fourth-order valence-corrected chi connectivity index (χ4v) is 3.06. The van der Waals surface area contributed by atoms with Gasteiger partial charge in [0.25, 0.3) is 0 Å². The van der Waals surface area contributed by atoms with Crippen molar-refractivity contribution in [3.63, 3.8) is 0 Å². The van der Waals surface area contributed by atoms with Crippen LogP contribution in [0.25, 0.3) is 11.3 Å². The molecule has 2 fully saturated rings. The van der Waals surface area contributed by atoms with Crippen LogP contribution in [0.1, 0.15) is 24.8 Å². The predicted molar refractivity (Wildman–Crippen MR) is 112 cm³/mol. The van der Waals surface area contributed by atoms with Crippen LogP contribution < -0.4 is 16.0 Å². The summed E-state index contributed by atoms with van der Waals surface area (Å²) in [5, 5.41) is 25.5. The molecule has 8 heteroatoms. The third-order valence-corrected chi connectivity index (χ3v) is 4.79. The number of nitrogens with one attached hydrogen (secondary N) is 3. The van der Waals surface area contributed by atoms with Gasteiger partial charge in [-0.05, 0) is 51.7 Å². The number of carboxylic acid groups (broad SMARTS) is 1. The van der Waals surface area contributed by atoms with Crippen LogP contribution in [0.5, 0.6) is 0 Å². The van der Waals surface area contributed by atoms with E-state index < -0.39 is 6.09 Å². The fraction of sp³-hybridized carbons (Fsp3) is 0.524. The zero-order chi connectivity index (χ0) is 20.9. The number of amides is 1. The number of rotatable bonds is 4. The number of nitrogens with zero attached hydrogens (tertiary/aromatic N) is 1. The number of β-amino-alcohol motifs (C(OH)–C–C–N with tert-alkyl or cyclic N) is 1. The summed E-state index contributed by atoms with van der Waals surface area (Å²) in [6.45, 7) is 6.55. The van der Waals surface area contributed by atoms with E-state index in [1.807, 2.05) is 12.1 Å². The van der Waals surface area contributed by atoms with Crippen molar-refractivity contribution in [1.29, 1.82) is 0 Å². The predicted octanol–water partition coefficient (Wildman–Crippen LogP) is 2.24. The number of hydrogen-bond donors (Lipinski definition) is 5. The van der Waals surface area contributed by atoms with Gasteiger partial charge in [0, 0.05) is 18.7 Å². The van der Waals surface area contributed by atoms with E-state index in [-0.39, 0.29) is 6.10 Å². The van der Waals surface area contributed by atoms with Gasteiger partial charge in [0.1, 0.15) is 0 Å². The summed E-state index contributed by atoms with van der Waals surface area (Å²) in [6, 6.07) is 8.15. The smallest absolute Gasteiger partial charge is 0.404 e. The molecule has 2 aliphatic rings. The molecule has 4 rings (SSSR count). The second-order valence-electron chi connectivity index (χ2n) is 7.26. The molecule has 2 aromatic rings. The molecule has 5 N–H and O–H groups in total. The van der Waals surface area contributed by atoms with Crippen molar-refractivity contribution in [3.05, 3.63) is 42.4 Å². The van der Waals surface area contributed by atoms with Crippen molar-refractivity contribution in [1.82, 2.24) is 20.9 Å². The molecular weight excluding hydrogens is 372 g/mol. The van der Waals surface area contributed by atoms with Gasteiger partial charge in [0.15, 0.2) is 12.2 Å². The molecular formula is C21H32N4O4. The second-order valence-corrected chi connectivity index (χ2v) is 7.26. The fourth-order valence-electron chi connectivity index (χ4n) is 3.06. The molecule has 0 aliphatic carbocycles. The van der Waals surface area contributed by atoms with Crippen LogP contribution in [0.3, 0.4) is 0 Å². The lowest BCUT2D eigenvalue weighted by Crippen LogP contribution is -2.24. The Balaban J connectivity index is 0.000000164. The summed E-state index contributed by atoms with van der Waals surface area (Å²) in [4.78, 5) is 13.9. The highest BCUT2D eigenvalue weighted by molar-refractivity contribution is 5.64. The maximum atomic E-state index is 10.0. The molecule has 2 atom stereocenters. The molecule has 0 saturated carbocycles. The molecule has 2 saturated heterocycles. The number of aliphatic hydroxyl groups excluding tert-OH is 1. The summed E-state index contributed by atoms with van der Waals surface area (Å²) in [5.41, 5.74) is 2.32. The van der Waals surface area contributed by atoms with Gasteiger partial charge in [0.05, 0.1) is 12.3 Å². The van der Waals surface area contributed by atoms with E-state index in [0.717, 1.165) is 50.3 Å². The number of aryl methyl sites for hydroxylation is 1. The quantitative estimate of drug-likeness (QED) is 0.530. The zero-order valence-electron chi connectivity index (χ0n) is 16.9. The SMILES string of the molecule is Cc1ccc(-c2cnco2)cc1.O=C(O)NCCC1CCNC1.OC1CCNC1. The van der Waals surface area contributed by atoms with Gasteiger partial charge in [-0.3, -0.25) is 0 Å². The number of oxazole rings is 1. The summed E-state index contributed by atoms with van der Waals surface area (Å²) >= 11 is 0. The zero-order valence-corrected chi connectivity index (χ0v) is 16.9. The Kier molecular flexibility index (Phi) is 10.2. The molecule has 2 aliphatic heterocycles. The van der Waals surface area contributed by atoms with Crippen molar-refractivity contribution in [2.75, 3.05) is 32.7 Å². The number of benzene rings is 1. The first-order chi connectivity index (χ1) is 14.0. The first kappa shape index (κ1) is 22.9. The van der Waals surface area contributed by atoms with E-state index in [1.54, 1.807) is 6.20 Å². The summed E-state index contributed by atoms with van der Waals surface area (Å²) < 4.78 is 5.15. The van der Waals surface area contributed by atoms with Gasteiger partial charge in [-0.25, -0.2) is 9.78 Å². The Hall–Kier alpha value is -2.42. The summed E-state index contributed by atoms with van der Waals surface area (Å²) in [7, 11) is 0. The van der Waals surface area contributed by atoms with Crippen molar-refractivity contribution in [3.8, 4) is 11.3 Å². The minimum Gasteiger partial charge on any atom is -0.465 e. The Morgan fingerprint density at radius 2 is 1.93 bits per heavy atom. The topological polar surface area (TPSA) is 120 Å². The number of aromatic nitrogens is 1. The van der Waals surface area contributed by atoms with E-state index in [0.29, 0.717) is 12.5 Å². The second kappa shape index (κ2) is 12.9. The Morgan fingerprint density at radius 3 is 2.41 bits per heavy atom.